The normalized spacial score (nSPS) is 10.2. The number of ether oxygens (including phenoxy) is 2. The first-order valence-electron chi connectivity index (χ1n) is 6.35. The molecule has 0 unspecified atom stereocenters. The molecule has 1 N–H and O–H groups in total. The number of anilines is 1. The summed E-state index contributed by atoms with van der Waals surface area (Å²) in [5.74, 6) is 1.10. The Morgan fingerprint density at radius 3 is 2.40 bits per heavy atom. The standard InChI is InChI=1S/C16H18FNO2/c1-11-4-6-14(13(17)8-11)18-10-12-5-7-15(19-2)16(9-12)20-3/h4-9,18H,10H2,1-3H3. The van der Waals surface area contributed by atoms with Crippen molar-refractivity contribution in [2.75, 3.05) is 19.5 Å². The molecular weight excluding hydrogens is 257 g/mol. The highest BCUT2D eigenvalue weighted by molar-refractivity contribution is 5.48. The second-order valence-corrected chi connectivity index (χ2v) is 4.53. The lowest BCUT2D eigenvalue weighted by molar-refractivity contribution is 0.354. The first-order chi connectivity index (χ1) is 9.63. The zero-order chi connectivity index (χ0) is 14.5. The van der Waals surface area contributed by atoms with Crippen LogP contribution in [-0.4, -0.2) is 14.2 Å². The van der Waals surface area contributed by atoms with Gasteiger partial charge in [-0.25, -0.2) is 4.39 Å². The largest absolute Gasteiger partial charge is 0.493 e. The van der Waals surface area contributed by atoms with E-state index in [9.17, 15) is 4.39 Å². The minimum Gasteiger partial charge on any atom is -0.493 e. The highest BCUT2D eigenvalue weighted by Gasteiger charge is 2.06. The molecule has 2 aromatic rings. The average molecular weight is 275 g/mol. The van der Waals surface area contributed by atoms with Crippen LogP contribution in [0.25, 0.3) is 0 Å². The maximum atomic E-state index is 13.7. The van der Waals surface area contributed by atoms with E-state index in [0.29, 0.717) is 23.7 Å². The molecule has 3 nitrogen and oxygen atoms in total. The molecule has 0 aromatic heterocycles. The van der Waals surface area contributed by atoms with Gasteiger partial charge in [0.25, 0.3) is 0 Å². The molecule has 0 aliphatic carbocycles. The van der Waals surface area contributed by atoms with Crippen LogP contribution in [0.15, 0.2) is 36.4 Å². The predicted octanol–water partition coefficient (Wildman–Crippen LogP) is 3.76. The minimum atomic E-state index is -0.245. The summed E-state index contributed by atoms with van der Waals surface area (Å²) in [6.07, 6.45) is 0. The first-order valence-corrected chi connectivity index (χ1v) is 6.35. The van der Waals surface area contributed by atoms with E-state index in [4.69, 9.17) is 9.47 Å². The summed E-state index contributed by atoms with van der Waals surface area (Å²) in [7, 11) is 3.19. The topological polar surface area (TPSA) is 30.5 Å². The van der Waals surface area contributed by atoms with E-state index in [1.165, 1.54) is 6.07 Å². The van der Waals surface area contributed by atoms with Crippen molar-refractivity contribution in [3.63, 3.8) is 0 Å². The van der Waals surface area contributed by atoms with Crippen LogP contribution in [0.5, 0.6) is 11.5 Å². The lowest BCUT2D eigenvalue weighted by Crippen LogP contribution is -2.02. The smallest absolute Gasteiger partial charge is 0.161 e. The zero-order valence-corrected chi connectivity index (χ0v) is 11.9. The summed E-state index contributed by atoms with van der Waals surface area (Å²) >= 11 is 0. The Kier molecular flexibility index (Phi) is 4.45. The van der Waals surface area contributed by atoms with Gasteiger partial charge in [0.1, 0.15) is 5.82 Å². The molecule has 20 heavy (non-hydrogen) atoms. The Labute approximate surface area is 118 Å². The molecule has 0 saturated heterocycles. The van der Waals surface area contributed by atoms with E-state index in [-0.39, 0.29) is 5.82 Å². The maximum Gasteiger partial charge on any atom is 0.161 e. The SMILES string of the molecule is COc1ccc(CNc2ccc(C)cc2F)cc1OC. The van der Waals surface area contributed by atoms with Crippen molar-refractivity contribution in [1.29, 1.82) is 0 Å². The molecule has 0 amide bonds. The van der Waals surface area contributed by atoms with Gasteiger partial charge in [-0.05, 0) is 42.3 Å². The molecule has 0 radical (unpaired) electrons. The molecular formula is C16H18FNO2. The van der Waals surface area contributed by atoms with Crippen molar-refractivity contribution >= 4 is 5.69 Å². The fourth-order valence-electron chi connectivity index (χ4n) is 1.95. The van der Waals surface area contributed by atoms with Gasteiger partial charge in [-0.2, -0.15) is 0 Å². The number of hydrogen-bond acceptors (Lipinski definition) is 3. The van der Waals surface area contributed by atoms with Gasteiger partial charge < -0.3 is 14.8 Å². The second-order valence-electron chi connectivity index (χ2n) is 4.53. The molecule has 0 heterocycles. The van der Waals surface area contributed by atoms with Gasteiger partial charge >= 0.3 is 0 Å². The highest BCUT2D eigenvalue weighted by Crippen LogP contribution is 2.28. The lowest BCUT2D eigenvalue weighted by atomic mass is 10.2. The molecule has 106 valence electrons. The molecule has 0 fully saturated rings. The van der Waals surface area contributed by atoms with Crippen LogP contribution in [0.2, 0.25) is 0 Å². The number of benzene rings is 2. The lowest BCUT2D eigenvalue weighted by Gasteiger charge is -2.11. The predicted molar refractivity (Wildman–Crippen MR) is 78.0 cm³/mol. The molecule has 2 rings (SSSR count). The Balaban J connectivity index is 2.10. The van der Waals surface area contributed by atoms with Crippen LogP contribution in [0.4, 0.5) is 10.1 Å². The van der Waals surface area contributed by atoms with E-state index in [0.717, 1.165) is 11.1 Å². The maximum absolute atomic E-state index is 13.7. The molecule has 0 atom stereocenters. The van der Waals surface area contributed by atoms with Gasteiger partial charge in [0.15, 0.2) is 11.5 Å². The Bertz CT molecular complexity index is 599. The Morgan fingerprint density at radius 1 is 1.00 bits per heavy atom. The molecule has 4 heteroatoms. The van der Waals surface area contributed by atoms with E-state index in [2.05, 4.69) is 5.32 Å². The fourth-order valence-corrected chi connectivity index (χ4v) is 1.95. The van der Waals surface area contributed by atoms with Crippen LogP contribution in [0.3, 0.4) is 0 Å². The Hall–Kier alpha value is -2.23. The van der Waals surface area contributed by atoms with Gasteiger partial charge in [0, 0.05) is 6.54 Å². The molecule has 0 aliphatic rings. The summed E-state index contributed by atoms with van der Waals surface area (Å²) in [5.41, 5.74) is 2.38. The second kappa shape index (κ2) is 6.28. The summed E-state index contributed by atoms with van der Waals surface area (Å²) in [4.78, 5) is 0. The summed E-state index contributed by atoms with van der Waals surface area (Å²) in [6.45, 7) is 2.38. The van der Waals surface area contributed by atoms with Crippen molar-refractivity contribution in [1.82, 2.24) is 0 Å². The number of methoxy groups -OCH3 is 2. The first kappa shape index (κ1) is 14.2. The number of hydrogen-bond donors (Lipinski definition) is 1. The van der Waals surface area contributed by atoms with Crippen molar-refractivity contribution in [3.05, 3.63) is 53.3 Å². The van der Waals surface area contributed by atoms with Crippen LogP contribution in [-0.2, 0) is 6.54 Å². The summed E-state index contributed by atoms with van der Waals surface area (Å²) in [6, 6.07) is 10.8. The molecule has 0 saturated carbocycles. The third-order valence-electron chi connectivity index (χ3n) is 3.06. The quantitative estimate of drug-likeness (QED) is 0.901. The van der Waals surface area contributed by atoms with Crippen molar-refractivity contribution < 1.29 is 13.9 Å². The van der Waals surface area contributed by atoms with E-state index < -0.39 is 0 Å². The average Bonchev–Trinajstić information content (AvgIpc) is 2.46. The fraction of sp³-hybridized carbons (Fsp3) is 0.250. The van der Waals surface area contributed by atoms with Crippen LogP contribution in [0, 0.1) is 12.7 Å². The number of aryl methyl sites for hydroxylation is 1. The van der Waals surface area contributed by atoms with Gasteiger partial charge in [0.05, 0.1) is 19.9 Å². The van der Waals surface area contributed by atoms with Crippen LogP contribution < -0.4 is 14.8 Å². The molecule has 2 aromatic carbocycles. The number of rotatable bonds is 5. The van der Waals surface area contributed by atoms with E-state index >= 15 is 0 Å². The van der Waals surface area contributed by atoms with Crippen molar-refractivity contribution in [3.8, 4) is 11.5 Å². The van der Waals surface area contributed by atoms with E-state index in [1.807, 2.05) is 31.2 Å². The third-order valence-corrected chi connectivity index (χ3v) is 3.06. The molecule has 0 spiro atoms. The van der Waals surface area contributed by atoms with Crippen molar-refractivity contribution in [2.45, 2.75) is 13.5 Å². The number of nitrogens with one attached hydrogen (secondary N) is 1. The summed E-state index contributed by atoms with van der Waals surface area (Å²) in [5, 5.41) is 3.07. The molecule has 0 bridgehead atoms. The highest BCUT2D eigenvalue weighted by atomic mass is 19.1. The van der Waals surface area contributed by atoms with Crippen LogP contribution >= 0.6 is 0 Å². The zero-order valence-electron chi connectivity index (χ0n) is 11.9. The summed E-state index contributed by atoms with van der Waals surface area (Å²) < 4.78 is 24.1. The minimum absolute atomic E-state index is 0.245. The van der Waals surface area contributed by atoms with Crippen LogP contribution in [0.1, 0.15) is 11.1 Å². The van der Waals surface area contributed by atoms with E-state index in [1.54, 1.807) is 20.3 Å². The van der Waals surface area contributed by atoms with Gasteiger partial charge in [-0.1, -0.05) is 12.1 Å². The third kappa shape index (κ3) is 3.20. The Morgan fingerprint density at radius 2 is 1.75 bits per heavy atom. The van der Waals surface area contributed by atoms with Crippen molar-refractivity contribution in [2.24, 2.45) is 0 Å². The number of halogens is 1. The monoisotopic (exact) mass is 275 g/mol. The van der Waals surface area contributed by atoms with Gasteiger partial charge in [0.2, 0.25) is 0 Å². The van der Waals surface area contributed by atoms with Gasteiger partial charge in [-0.3, -0.25) is 0 Å². The van der Waals surface area contributed by atoms with Gasteiger partial charge in [-0.15, -0.1) is 0 Å². The molecule has 0 aliphatic heterocycles.